The van der Waals surface area contributed by atoms with Crippen LogP contribution in [0.25, 0.3) is 0 Å². The first kappa shape index (κ1) is 23.1. The van der Waals surface area contributed by atoms with E-state index in [4.69, 9.17) is 14.0 Å². The van der Waals surface area contributed by atoms with Crippen molar-refractivity contribution in [2.45, 2.75) is 83.3 Å². The average molecular weight is 419 g/mol. The highest BCUT2D eigenvalue weighted by Gasteiger charge is 2.51. The first-order valence-corrected chi connectivity index (χ1v) is 10.6. The number of aliphatic hydroxyl groups is 2. The lowest BCUT2D eigenvalue weighted by atomic mass is 9.78. The highest BCUT2D eigenvalue weighted by atomic mass is 16.7. The zero-order chi connectivity index (χ0) is 22.3. The summed E-state index contributed by atoms with van der Waals surface area (Å²) in [5.41, 5.74) is -0.0936. The Labute approximate surface area is 179 Å². The van der Waals surface area contributed by atoms with E-state index in [1.54, 1.807) is 4.90 Å². The van der Waals surface area contributed by atoms with E-state index in [0.29, 0.717) is 13.0 Å². The number of amides is 1. The van der Waals surface area contributed by atoms with Gasteiger partial charge in [-0.3, -0.25) is 0 Å². The van der Waals surface area contributed by atoms with Gasteiger partial charge >= 0.3 is 13.2 Å². The predicted molar refractivity (Wildman–Crippen MR) is 114 cm³/mol. The molecule has 8 heteroatoms. The van der Waals surface area contributed by atoms with Crippen molar-refractivity contribution in [1.82, 2.24) is 4.90 Å². The fourth-order valence-corrected chi connectivity index (χ4v) is 3.78. The SMILES string of the molecule is CC(c1ccc(B2OC(C)(C)C(C)(C)O2)cc1)N1CCC(CC(C)(O)CO)OC1=O. The molecule has 30 heavy (non-hydrogen) atoms. The summed E-state index contributed by atoms with van der Waals surface area (Å²) in [6.45, 7) is 11.8. The van der Waals surface area contributed by atoms with Crippen molar-refractivity contribution in [2.24, 2.45) is 0 Å². The Morgan fingerprint density at radius 1 is 1.20 bits per heavy atom. The van der Waals surface area contributed by atoms with E-state index in [2.05, 4.69) is 0 Å². The molecule has 3 atom stereocenters. The van der Waals surface area contributed by atoms with Gasteiger partial charge in [0.2, 0.25) is 0 Å². The Hall–Kier alpha value is -1.61. The number of cyclic esters (lactones) is 1. The van der Waals surface area contributed by atoms with Crippen LogP contribution in [0.4, 0.5) is 4.79 Å². The summed E-state index contributed by atoms with van der Waals surface area (Å²) >= 11 is 0. The largest absolute Gasteiger partial charge is 0.494 e. The molecule has 2 heterocycles. The Balaban J connectivity index is 1.63. The maximum Gasteiger partial charge on any atom is 0.494 e. The zero-order valence-electron chi connectivity index (χ0n) is 18.8. The van der Waals surface area contributed by atoms with Gasteiger partial charge in [0.15, 0.2) is 0 Å². The van der Waals surface area contributed by atoms with Gasteiger partial charge in [0.05, 0.1) is 29.5 Å². The molecule has 1 amide bonds. The molecule has 2 N–H and O–H groups in total. The highest BCUT2D eigenvalue weighted by molar-refractivity contribution is 6.62. The summed E-state index contributed by atoms with van der Waals surface area (Å²) < 4.78 is 17.7. The molecule has 0 aliphatic carbocycles. The van der Waals surface area contributed by atoms with E-state index in [-0.39, 0.29) is 19.1 Å². The topological polar surface area (TPSA) is 88.5 Å². The van der Waals surface area contributed by atoms with Crippen molar-refractivity contribution in [3.05, 3.63) is 29.8 Å². The summed E-state index contributed by atoms with van der Waals surface area (Å²) in [5, 5.41) is 19.2. The van der Waals surface area contributed by atoms with E-state index in [1.807, 2.05) is 58.9 Å². The van der Waals surface area contributed by atoms with Crippen molar-refractivity contribution in [1.29, 1.82) is 0 Å². The van der Waals surface area contributed by atoms with Gasteiger partial charge in [-0.1, -0.05) is 24.3 Å². The van der Waals surface area contributed by atoms with Crippen LogP contribution in [0.15, 0.2) is 24.3 Å². The number of ether oxygens (including phenoxy) is 1. The molecular weight excluding hydrogens is 385 g/mol. The van der Waals surface area contributed by atoms with Crippen molar-refractivity contribution in [3.8, 4) is 0 Å². The predicted octanol–water partition coefficient (Wildman–Crippen LogP) is 2.39. The van der Waals surface area contributed by atoms with Crippen LogP contribution in [0.2, 0.25) is 0 Å². The molecule has 7 nitrogen and oxygen atoms in total. The number of aliphatic hydroxyl groups excluding tert-OH is 1. The molecule has 166 valence electrons. The van der Waals surface area contributed by atoms with Gasteiger partial charge in [-0.15, -0.1) is 0 Å². The van der Waals surface area contributed by atoms with Crippen LogP contribution in [0, 0.1) is 0 Å². The van der Waals surface area contributed by atoms with Crippen molar-refractivity contribution in [3.63, 3.8) is 0 Å². The third-order valence-corrected chi connectivity index (χ3v) is 6.61. The lowest BCUT2D eigenvalue weighted by molar-refractivity contribution is -0.0597. The maximum atomic E-state index is 12.5. The van der Waals surface area contributed by atoms with Gasteiger partial charge in [-0.05, 0) is 52.6 Å². The minimum absolute atomic E-state index is 0.149. The number of rotatable bonds is 6. The van der Waals surface area contributed by atoms with Gasteiger partial charge in [-0.2, -0.15) is 0 Å². The first-order chi connectivity index (χ1) is 13.9. The summed E-state index contributed by atoms with van der Waals surface area (Å²) in [5.74, 6) is 0. The minimum atomic E-state index is -1.25. The number of carbonyl (C=O) groups excluding carboxylic acids is 1. The van der Waals surface area contributed by atoms with Gasteiger partial charge in [0, 0.05) is 19.4 Å². The average Bonchev–Trinajstić information content (AvgIpc) is 2.88. The van der Waals surface area contributed by atoms with Gasteiger partial charge in [0.25, 0.3) is 0 Å². The summed E-state index contributed by atoms with van der Waals surface area (Å²) in [7, 11) is -0.417. The molecule has 3 unspecified atom stereocenters. The number of carbonyl (C=O) groups is 1. The summed E-state index contributed by atoms with van der Waals surface area (Å²) in [6.07, 6.45) is 0.0368. The normalized spacial score (nSPS) is 26.3. The van der Waals surface area contributed by atoms with Crippen LogP contribution in [0.3, 0.4) is 0 Å². The summed E-state index contributed by atoms with van der Waals surface area (Å²) in [4.78, 5) is 14.2. The molecule has 0 aromatic heterocycles. The number of nitrogens with zero attached hydrogens (tertiary/aromatic N) is 1. The van der Waals surface area contributed by atoms with Gasteiger partial charge in [0.1, 0.15) is 6.10 Å². The molecule has 0 radical (unpaired) electrons. The van der Waals surface area contributed by atoms with Crippen LogP contribution < -0.4 is 5.46 Å². The molecule has 0 bridgehead atoms. The number of benzene rings is 1. The van der Waals surface area contributed by atoms with E-state index in [0.717, 1.165) is 11.0 Å². The fraction of sp³-hybridized carbons (Fsp3) is 0.682. The van der Waals surface area contributed by atoms with E-state index >= 15 is 0 Å². The van der Waals surface area contributed by atoms with Crippen LogP contribution in [-0.4, -0.2) is 64.4 Å². The Morgan fingerprint density at radius 2 is 1.77 bits per heavy atom. The second-order valence-corrected chi connectivity index (χ2v) is 9.78. The van der Waals surface area contributed by atoms with Crippen molar-refractivity contribution < 1.29 is 29.1 Å². The second-order valence-electron chi connectivity index (χ2n) is 9.78. The van der Waals surface area contributed by atoms with Crippen LogP contribution in [0.1, 0.15) is 66.0 Å². The molecule has 2 aliphatic heterocycles. The molecular formula is C22H34BNO6. The molecule has 3 rings (SSSR count). The van der Waals surface area contributed by atoms with Crippen molar-refractivity contribution in [2.75, 3.05) is 13.2 Å². The van der Waals surface area contributed by atoms with Gasteiger partial charge < -0.3 is 29.2 Å². The standard InChI is InChI=1S/C22H34BNO6/c1-15(24-12-11-18(28-19(24)26)13-22(6,27)14-25)16-7-9-17(10-8-16)23-29-20(2,3)21(4,5)30-23/h7-10,15,18,25,27H,11-14H2,1-6H3. The summed E-state index contributed by atoms with van der Waals surface area (Å²) in [6, 6.07) is 7.78. The third kappa shape index (κ3) is 4.67. The minimum Gasteiger partial charge on any atom is -0.446 e. The zero-order valence-corrected chi connectivity index (χ0v) is 18.8. The highest BCUT2D eigenvalue weighted by Crippen LogP contribution is 2.36. The Bertz CT molecular complexity index is 747. The Morgan fingerprint density at radius 3 is 2.27 bits per heavy atom. The van der Waals surface area contributed by atoms with Crippen molar-refractivity contribution >= 4 is 18.7 Å². The smallest absolute Gasteiger partial charge is 0.446 e. The molecule has 2 fully saturated rings. The molecule has 0 saturated carbocycles. The fourth-order valence-electron chi connectivity index (χ4n) is 3.78. The third-order valence-electron chi connectivity index (χ3n) is 6.61. The Kier molecular flexibility index (Phi) is 6.27. The molecule has 1 aromatic carbocycles. The lowest BCUT2D eigenvalue weighted by Gasteiger charge is -2.37. The van der Waals surface area contributed by atoms with Crippen LogP contribution in [0.5, 0.6) is 0 Å². The first-order valence-electron chi connectivity index (χ1n) is 10.6. The molecule has 1 aromatic rings. The van der Waals surface area contributed by atoms with Crippen LogP contribution in [-0.2, 0) is 14.0 Å². The van der Waals surface area contributed by atoms with Gasteiger partial charge in [-0.25, -0.2) is 4.79 Å². The maximum absolute atomic E-state index is 12.5. The number of hydrogen-bond acceptors (Lipinski definition) is 6. The van der Waals surface area contributed by atoms with E-state index in [1.165, 1.54) is 6.92 Å². The molecule has 2 aliphatic rings. The monoisotopic (exact) mass is 419 g/mol. The van der Waals surface area contributed by atoms with E-state index < -0.39 is 36.1 Å². The van der Waals surface area contributed by atoms with E-state index in [9.17, 15) is 15.0 Å². The lowest BCUT2D eigenvalue weighted by Crippen LogP contribution is -2.46. The quantitative estimate of drug-likeness (QED) is 0.689. The number of hydrogen-bond donors (Lipinski definition) is 2. The molecule has 2 saturated heterocycles. The molecule has 0 spiro atoms. The second kappa shape index (κ2) is 8.15. The van der Waals surface area contributed by atoms with Crippen LogP contribution >= 0.6 is 0 Å².